The third kappa shape index (κ3) is 2.78. The minimum absolute atomic E-state index is 0.0411. The Kier molecular flexibility index (Phi) is 4.49. The second-order valence-electron chi connectivity index (χ2n) is 6.09. The third-order valence-corrected chi connectivity index (χ3v) is 4.75. The summed E-state index contributed by atoms with van der Waals surface area (Å²) in [6, 6.07) is 16.9. The lowest BCUT2D eigenvalue weighted by molar-refractivity contribution is 0.0553. The Hall–Kier alpha value is -3.38. The van der Waals surface area contributed by atoms with E-state index >= 15 is 0 Å². The normalized spacial score (nSPS) is 11.0. The number of esters is 2. The monoisotopic (exact) mass is 394 g/mol. The molecule has 0 unspecified atom stereocenters. The van der Waals surface area contributed by atoms with Crippen molar-refractivity contribution in [3.05, 3.63) is 70.9 Å². The van der Waals surface area contributed by atoms with Gasteiger partial charge in [0.05, 0.1) is 25.4 Å². The van der Waals surface area contributed by atoms with E-state index in [4.69, 9.17) is 21.1 Å². The maximum atomic E-state index is 12.6. The van der Waals surface area contributed by atoms with Crippen molar-refractivity contribution in [2.45, 2.75) is 0 Å². The summed E-state index contributed by atoms with van der Waals surface area (Å²) in [7, 11) is 2.49. The number of hydrogen-bond acceptors (Lipinski definition) is 5. The lowest BCUT2D eigenvalue weighted by atomic mass is 10.0. The van der Waals surface area contributed by atoms with Crippen molar-refractivity contribution in [1.82, 2.24) is 9.61 Å². The molecule has 0 saturated heterocycles. The number of fused-ring (bicyclic) bond motifs is 3. The minimum Gasteiger partial charge on any atom is -0.465 e. The van der Waals surface area contributed by atoms with Crippen molar-refractivity contribution in [2.75, 3.05) is 14.2 Å². The quantitative estimate of drug-likeness (QED) is 0.482. The molecule has 4 rings (SSSR count). The summed E-state index contributed by atoms with van der Waals surface area (Å²) >= 11 is 6.20. The van der Waals surface area contributed by atoms with Gasteiger partial charge in [-0.1, -0.05) is 48.0 Å². The molecular weight excluding hydrogens is 380 g/mol. The molecule has 0 N–H and O–H groups in total. The SMILES string of the molecule is COC(=O)c1nn2c(-c3ccccc3)cc3ccc(Cl)cc3c2c1C(=O)OC. The van der Waals surface area contributed by atoms with Crippen LogP contribution < -0.4 is 0 Å². The first-order valence-electron chi connectivity index (χ1n) is 8.42. The van der Waals surface area contributed by atoms with Crippen LogP contribution in [0.2, 0.25) is 5.02 Å². The van der Waals surface area contributed by atoms with E-state index in [2.05, 4.69) is 5.10 Å². The molecule has 2 heterocycles. The van der Waals surface area contributed by atoms with Crippen molar-refractivity contribution in [3.8, 4) is 11.3 Å². The van der Waals surface area contributed by atoms with E-state index in [1.165, 1.54) is 14.2 Å². The molecule has 0 radical (unpaired) electrons. The van der Waals surface area contributed by atoms with E-state index in [0.29, 0.717) is 21.6 Å². The van der Waals surface area contributed by atoms with Gasteiger partial charge in [0.1, 0.15) is 5.56 Å². The predicted octanol–water partition coefficient (Wildman–Crippen LogP) is 4.38. The van der Waals surface area contributed by atoms with E-state index in [1.807, 2.05) is 42.5 Å². The third-order valence-electron chi connectivity index (χ3n) is 4.51. The lowest BCUT2D eigenvalue weighted by Crippen LogP contribution is -2.10. The highest BCUT2D eigenvalue weighted by atomic mass is 35.5. The van der Waals surface area contributed by atoms with Crippen LogP contribution >= 0.6 is 11.6 Å². The van der Waals surface area contributed by atoms with E-state index in [-0.39, 0.29) is 11.3 Å². The number of pyridine rings is 1. The molecule has 0 bridgehead atoms. The molecule has 2 aromatic carbocycles. The number of carbonyl (C=O) groups excluding carboxylic acids is 2. The number of aromatic nitrogens is 2. The molecule has 0 fully saturated rings. The van der Waals surface area contributed by atoms with Gasteiger partial charge in [-0.05, 0) is 23.6 Å². The van der Waals surface area contributed by atoms with E-state index in [9.17, 15) is 9.59 Å². The highest BCUT2D eigenvalue weighted by molar-refractivity contribution is 6.31. The van der Waals surface area contributed by atoms with Crippen molar-refractivity contribution in [1.29, 1.82) is 0 Å². The van der Waals surface area contributed by atoms with Gasteiger partial charge in [-0.3, -0.25) is 0 Å². The average Bonchev–Trinajstić information content (AvgIpc) is 3.13. The largest absolute Gasteiger partial charge is 0.465 e. The van der Waals surface area contributed by atoms with Crippen molar-refractivity contribution < 1.29 is 19.1 Å². The molecule has 7 heteroatoms. The van der Waals surface area contributed by atoms with E-state index in [0.717, 1.165) is 10.9 Å². The molecule has 0 amide bonds. The van der Waals surface area contributed by atoms with Crippen LogP contribution in [0.5, 0.6) is 0 Å². The Morgan fingerprint density at radius 1 is 0.964 bits per heavy atom. The van der Waals surface area contributed by atoms with E-state index < -0.39 is 11.9 Å². The van der Waals surface area contributed by atoms with Gasteiger partial charge in [-0.2, -0.15) is 5.10 Å². The maximum absolute atomic E-state index is 12.6. The van der Waals surface area contributed by atoms with Crippen LogP contribution in [0.25, 0.3) is 27.5 Å². The summed E-state index contributed by atoms with van der Waals surface area (Å²) in [5.41, 5.74) is 1.95. The zero-order chi connectivity index (χ0) is 19.8. The number of rotatable bonds is 3. The predicted molar refractivity (Wildman–Crippen MR) is 106 cm³/mol. The molecule has 0 spiro atoms. The Morgan fingerprint density at radius 2 is 1.68 bits per heavy atom. The van der Waals surface area contributed by atoms with Gasteiger partial charge in [0.2, 0.25) is 0 Å². The fourth-order valence-electron chi connectivity index (χ4n) is 3.26. The van der Waals surface area contributed by atoms with E-state index in [1.54, 1.807) is 16.6 Å². The number of nitrogens with zero attached hydrogens (tertiary/aromatic N) is 2. The van der Waals surface area contributed by atoms with Crippen LogP contribution in [0.1, 0.15) is 20.8 Å². The molecule has 0 aliphatic heterocycles. The standard InChI is InChI=1S/C21H15ClN2O4/c1-27-20(25)17-18(21(26)28-2)23-24-16(12-6-4-3-5-7-12)10-13-8-9-14(22)11-15(13)19(17)24/h3-11H,1-2H3. The molecule has 28 heavy (non-hydrogen) atoms. The zero-order valence-electron chi connectivity index (χ0n) is 15.1. The number of ether oxygens (including phenoxy) is 2. The van der Waals surface area contributed by atoms with Crippen LogP contribution in [-0.2, 0) is 9.47 Å². The fraction of sp³-hybridized carbons (Fsp3) is 0.0952. The molecular formula is C21H15ClN2O4. The molecule has 4 aromatic rings. The molecule has 140 valence electrons. The summed E-state index contributed by atoms with van der Waals surface area (Å²) in [4.78, 5) is 24.9. The molecule has 0 aliphatic rings. The summed E-state index contributed by atoms with van der Waals surface area (Å²) in [6.07, 6.45) is 0. The molecule has 0 atom stereocenters. The summed E-state index contributed by atoms with van der Waals surface area (Å²) in [5, 5.41) is 6.43. The molecule has 0 saturated carbocycles. The smallest absolute Gasteiger partial charge is 0.359 e. The second-order valence-corrected chi connectivity index (χ2v) is 6.53. The maximum Gasteiger partial charge on any atom is 0.359 e. The van der Waals surface area contributed by atoms with Crippen LogP contribution in [0.15, 0.2) is 54.6 Å². The highest BCUT2D eigenvalue weighted by Gasteiger charge is 2.29. The average molecular weight is 395 g/mol. The number of carbonyl (C=O) groups is 2. The van der Waals surface area contributed by atoms with Gasteiger partial charge in [-0.15, -0.1) is 0 Å². The first-order chi connectivity index (χ1) is 13.5. The van der Waals surface area contributed by atoms with Crippen LogP contribution in [0, 0.1) is 0 Å². The molecule has 6 nitrogen and oxygen atoms in total. The highest BCUT2D eigenvalue weighted by Crippen LogP contribution is 2.33. The summed E-state index contributed by atoms with van der Waals surface area (Å²) in [5.74, 6) is -1.40. The zero-order valence-corrected chi connectivity index (χ0v) is 15.9. The number of benzene rings is 2. The topological polar surface area (TPSA) is 69.9 Å². The number of hydrogen-bond donors (Lipinski definition) is 0. The van der Waals surface area contributed by atoms with Crippen LogP contribution in [0.4, 0.5) is 0 Å². The second kappa shape index (κ2) is 6.98. The van der Waals surface area contributed by atoms with Crippen molar-refractivity contribution in [3.63, 3.8) is 0 Å². The van der Waals surface area contributed by atoms with Gasteiger partial charge in [0.15, 0.2) is 5.69 Å². The van der Waals surface area contributed by atoms with Gasteiger partial charge in [-0.25, -0.2) is 14.1 Å². The summed E-state index contributed by atoms with van der Waals surface area (Å²) in [6.45, 7) is 0. The Balaban J connectivity index is 2.23. The van der Waals surface area contributed by atoms with Gasteiger partial charge >= 0.3 is 11.9 Å². The van der Waals surface area contributed by atoms with Crippen molar-refractivity contribution in [2.24, 2.45) is 0 Å². The Morgan fingerprint density at radius 3 is 2.36 bits per heavy atom. The first-order valence-corrected chi connectivity index (χ1v) is 8.80. The van der Waals surface area contributed by atoms with Crippen LogP contribution in [0.3, 0.4) is 0 Å². The van der Waals surface area contributed by atoms with Gasteiger partial charge in [0, 0.05) is 16.0 Å². The number of methoxy groups -OCH3 is 2. The lowest BCUT2D eigenvalue weighted by Gasteiger charge is -2.10. The molecule has 0 aliphatic carbocycles. The first kappa shape index (κ1) is 18.0. The number of halogens is 1. The molecule has 2 aromatic heterocycles. The van der Waals surface area contributed by atoms with Gasteiger partial charge < -0.3 is 9.47 Å². The minimum atomic E-state index is -0.724. The fourth-order valence-corrected chi connectivity index (χ4v) is 3.43. The Labute approximate surface area is 165 Å². The van der Waals surface area contributed by atoms with Gasteiger partial charge in [0.25, 0.3) is 0 Å². The van der Waals surface area contributed by atoms with Crippen LogP contribution in [-0.4, -0.2) is 35.8 Å². The summed E-state index contributed by atoms with van der Waals surface area (Å²) < 4.78 is 11.3. The Bertz CT molecular complexity index is 1230. The van der Waals surface area contributed by atoms with Crippen molar-refractivity contribution >= 4 is 39.8 Å².